The monoisotopic (exact) mass is 347 g/mol. The standard InChI is InChI=1S/C24H45N/c1-3-4-5-6-7-8-9-10-11-12-13-14-15-16-17-18-19-20-21-22-24(2)23-25/h3,24H,1,4-22H2,2H3. The van der Waals surface area contributed by atoms with Crippen molar-refractivity contribution in [3.05, 3.63) is 12.7 Å². The molecule has 1 atom stereocenters. The lowest BCUT2D eigenvalue weighted by atomic mass is 10.0. The van der Waals surface area contributed by atoms with E-state index in [0.29, 0.717) is 0 Å². The van der Waals surface area contributed by atoms with E-state index in [2.05, 4.69) is 12.6 Å². The highest BCUT2D eigenvalue weighted by molar-refractivity contribution is 4.77. The van der Waals surface area contributed by atoms with Gasteiger partial charge in [0.1, 0.15) is 0 Å². The summed E-state index contributed by atoms with van der Waals surface area (Å²) >= 11 is 0. The van der Waals surface area contributed by atoms with Crippen molar-refractivity contribution in [3.8, 4) is 6.07 Å². The Bertz CT molecular complexity index is 302. The second-order valence-corrected chi connectivity index (χ2v) is 7.91. The largest absolute Gasteiger partial charge is 0.198 e. The molecule has 1 unspecified atom stereocenters. The van der Waals surface area contributed by atoms with E-state index in [4.69, 9.17) is 5.26 Å². The Kier molecular flexibility index (Phi) is 20.6. The molecule has 0 saturated heterocycles. The summed E-state index contributed by atoms with van der Waals surface area (Å²) in [6.45, 7) is 5.81. The van der Waals surface area contributed by atoms with Gasteiger partial charge < -0.3 is 0 Å². The van der Waals surface area contributed by atoms with E-state index in [0.717, 1.165) is 6.42 Å². The molecular formula is C24H45N. The smallest absolute Gasteiger partial charge is 0.0652 e. The van der Waals surface area contributed by atoms with Crippen LogP contribution in [0.4, 0.5) is 0 Å². The molecule has 0 aromatic carbocycles. The zero-order chi connectivity index (χ0) is 18.4. The third kappa shape index (κ3) is 21.2. The van der Waals surface area contributed by atoms with Crippen LogP contribution >= 0.6 is 0 Å². The van der Waals surface area contributed by atoms with Gasteiger partial charge in [-0.1, -0.05) is 109 Å². The van der Waals surface area contributed by atoms with Crippen molar-refractivity contribution in [1.29, 1.82) is 5.26 Å². The average molecular weight is 348 g/mol. The van der Waals surface area contributed by atoms with E-state index in [1.54, 1.807) is 0 Å². The first-order valence-corrected chi connectivity index (χ1v) is 11.3. The van der Waals surface area contributed by atoms with Gasteiger partial charge in [0.05, 0.1) is 6.07 Å². The number of nitrogens with zero attached hydrogens (tertiary/aromatic N) is 1. The molecule has 0 fully saturated rings. The zero-order valence-corrected chi connectivity index (χ0v) is 17.2. The lowest BCUT2D eigenvalue weighted by Crippen LogP contribution is -1.89. The van der Waals surface area contributed by atoms with E-state index in [9.17, 15) is 0 Å². The van der Waals surface area contributed by atoms with Gasteiger partial charge in [-0.25, -0.2) is 0 Å². The molecule has 0 aliphatic heterocycles. The van der Waals surface area contributed by atoms with Gasteiger partial charge in [0.2, 0.25) is 0 Å². The molecule has 0 amide bonds. The Morgan fingerprint density at radius 3 is 1.28 bits per heavy atom. The third-order valence-corrected chi connectivity index (χ3v) is 5.27. The van der Waals surface area contributed by atoms with Crippen LogP contribution in [0.1, 0.15) is 129 Å². The van der Waals surface area contributed by atoms with Gasteiger partial charge in [-0.3, -0.25) is 0 Å². The summed E-state index contributed by atoms with van der Waals surface area (Å²) in [7, 11) is 0. The van der Waals surface area contributed by atoms with E-state index in [-0.39, 0.29) is 5.92 Å². The van der Waals surface area contributed by atoms with E-state index >= 15 is 0 Å². The Morgan fingerprint density at radius 1 is 0.640 bits per heavy atom. The van der Waals surface area contributed by atoms with Gasteiger partial charge in [-0.05, 0) is 26.2 Å². The second kappa shape index (κ2) is 21.3. The van der Waals surface area contributed by atoms with Crippen molar-refractivity contribution in [2.75, 3.05) is 0 Å². The van der Waals surface area contributed by atoms with Gasteiger partial charge in [0.25, 0.3) is 0 Å². The molecule has 0 aromatic heterocycles. The lowest BCUT2D eigenvalue weighted by molar-refractivity contribution is 0.516. The Morgan fingerprint density at radius 2 is 0.960 bits per heavy atom. The van der Waals surface area contributed by atoms with Crippen LogP contribution in [0.25, 0.3) is 0 Å². The van der Waals surface area contributed by atoms with Crippen molar-refractivity contribution in [2.24, 2.45) is 5.92 Å². The van der Waals surface area contributed by atoms with E-state index < -0.39 is 0 Å². The molecule has 0 heterocycles. The molecule has 1 nitrogen and oxygen atoms in total. The molecule has 0 rings (SSSR count). The Balaban J connectivity index is 3.01. The van der Waals surface area contributed by atoms with Crippen molar-refractivity contribution in [3.63, 3.8) is 0 Å². The minimum atomic E-state index is 0.252. The number of rotatable bonds is 20. The summed E-state index contributed by atoms with van der Waals surface area (Å²) in [5.74, 6) is 0.252. The van der Waals surface area contributed by atoms with Crippen molar-refractivity contribution < 1.29 is 0 Å². The topological polar surface area (TPSA) is 23.8 Å². The van der Waals surface area contributed by atoms with Gasteiger partial charge in [0, 0.05) is 5.92 Å². The first kappa shape index (κ1) is 24.2. The molecule has 0 aliphatic carbocycles. The predicted molar refractivity (Wildman–Crippen MR) is 113 cm³/mol. The summed E-state index contributed by atoms with van der Waals surface area (Å²) < 4.78 is 0. The molecule has 0 aromatic rings. The maximum absolute atomic E-state index is 8.73. The molecule has 25 heavy (non-hydrogen) atoms. The highest BCUT2D eigenvalue weighted by Gasteiger charge is 1.98. The molecule has 146 valence electrons. The quantitative estimate of drug-likeness (QED) is 0.159. The molecule has 0 saturated carbocycles. The number of unbranched alkanes of at least 4 members (excludes halogenated alkanes) is 17. The molecule has 0 N–H and O–H groups in total. The van der Waals surface area contributed by atoms with Crippen LogP contribution in [0.15, 0.2) is 12.7 Å². The maximum Gasteiger partial charge on any atom is 0.0652 e. The fraction of sp³-hybridized carbons (Fsp3) is 0.875. The summed E-state index contributed by atoms with van der Waals surface area (Å²) in [6, 6.07) is 2.32. The van der Waals surface area contributed by atoms with Gasteiger partial charge in [-0.15, -0.1) is 6.58 Å². The number of hydrogen-bond acceptors (Lipinski definition) is 1. The maximum atomic E-state index is 8.73. The first-order valence-electron chi connectivity index (χ1n) is 11.3. The van der Waals surface area contributed by atoms with E-state index in [1.807, 2.05) is 13.0 Å². The van der Waals surface area contributed by atoms with Gasteiger partial charge >= 0.3 is 0 Å². The Labute approximate surface area is 159 Å². The van der Waals surface area contributed by atoms with Crippen LogP contribution in [0.3, 0.4) is 0 Å². The van der Waals surface area contributed by atoms with Crippen LogP contribution in [0.5, 0.6) is 0 Å². The minimum Gasteiger partial charge on any atom is -0.198 e. The van der Waals surface area contributed by atoms with Crippen LogP contribution in [-0.4, -0.2) is 0 Å². The molecule has 0 radical (unpaired) electrons. The predicted octanol–water partition coefficient (Wildman–Crippen LogP) is 8.74. The number of allylic oxidation sites excluding steroid dienone is 1. The van der Waals surface area contributed by atoms with Crippen LogP contribution < -0.4 is 0 Å². The molecule has 0 aliphatic rings. The van der Waals surface area contributed by atoms with Crippen molar-refractivity contribution in [2.45, 2.75) is 129 Å². The van der Waals surface area contributed by atoms with Crippen molar-refractivity contribution >= 4 is 0 Å². The first-order chi connectivity index (χ1) is 12.3. The zero-order valence-electron chi connectivity index (χ0n) is 17.2. The molecule has 0 bridgehead atoms. The summed E-state index contributed by atoms with van der Waals surface area (Å²) in [6.07, 6.45) is 28.2. The Hall–Kier alpha value is -0.770. The highest BCUT2D eigenvalue weighted by atomic mass is 14.3. The normalized spacial score (nSPS) is 12.0. The molecule has 1 heteroatoms. The number of nitriles is 1. The summed E-state index contributed by atoms with van der Waals surface area (Å²) in [5.41, 5.74) is 0. The molecule has 0 spiro atoms. The molecular weight excluding hydrogens is 302 g/mol. The SMILES string of the molecule is C=CCCCCCCCCCCCCCCCCCCCC(C)C#N. The summed E-state index contributed by atoms with van der Waals surface area (Å²) in [4.78, 5) is 0. The van der Waals surface area contributed by atoms with Crippen LogP contribution in [0.2, 0.25) is 0 Å². The van der Waals surface area contributed by atoms with E-state index in [1.165, 1.54) is 116 Å². The third-order valence-electron chi connectivity index (χ3n) is 5.27. The second-order valence-electron chi connectivity index (χ2n) is 7.91. The van der Waals surface area contributed by atoms with Crippen LogP contribution in [-0.2, 0) is 0 Å². The lowest BCUT2D eigenvalue weighted by Gasteiger charge is -2.04. The fourth-order valence-electron chi connectivity index (χ4n) is 3.46. The highest BCUT2D eigenvalue weighted by Crippen LogP contribution is 2.15. The van der Waals surface area contributed by atoms with Crippen molar-refractivity contribution in [1.82, 2.24) is 0 Å². The minimum absolute atomic E-state index is 0.252. The van der Waals surface area contributed by atoms with Crippen LogP contribution in [0, 0.1) is 17.2 Å². The van der Waals surface area contributed by atoms with Gasteiger partial charge in [0.15, 0.2) is 0 Å². The number of hydrogen-bond donors (Lipinski definition) is 0. The summed E-state index contributed by atoms with van der Waals surface area (Å²) in [5, 5.41) is 8.73. The average Bonchev–Trinajstić information content (AvgIpc) is 2.63. The van der Waals surface area contributed by atoms with Gasteiger partial charge in [-0.2, -0.15) is 5.26 Å². The fourth-order valence-corrected chi connectivity index (χ4v) is 3.46.